The van der Waals surface area contributed by atoms with E-state index in [-0.39, 0.29) is 4.91 Å². The molecule has 0 bridgehead atoms. The molecule has 0 saturated heterocycles. The topological polar surface area (TPSA) is 74.6 Å². The van der Waals surface area contributed by atoms with Gasteiger partial charge in [0.25, 0.3) is 0 Å². The van der Waals surface area contributed by atoms with E-state index in [1.54, 1.807) is 0 Å². The second-order valence-electron chi connectivity index (χ2n) is 1.36. The molecule has 10 heavy (non-hydrogen) atoms. The Morgan fingerprint density at radius 2 is 1.90 bits per heavy atom. The lowest BCUT2D eigenvalue weighted by atomic mass is 10.5. The van der Waals surface area contributed by atoms with E-state index in [1.165, 1.54) is 6.26 Å². The number of hydrogen-bond acceptors (Lipinski definition) is 3. The van der Waals surface area contributed by atoms with Gasteiger partial charge in [-0.2, -0.15) is 0 Å². The van der Waals surface area contributed by atoms with Gasteiger partial charge in [-0.05, 0) is 6.26 Å². The first kappa shape index (κ1) is 9.03. The molecule has 0 fully saturated rings. The Hall–Kier alpha value is -0.970. The van der Waals surface area contributed by atoms with Crippen molar-refractivity contribution < 1.29 is 19.8 Å². The van der Waals surface area contributed by atoms with Gasteiger partial charge in [0.1, 0.15) is 0 Å². The molecule has 0 heterocycles. The summed E-state index contributed by atoms with van der Waals surface area (Å²) in [5.41, 5.74) is 0. The number of aliphatic carboxylic acids is 2. The number of hydrogen-bond donors (Lipinski definition) is 2. The predicted molar refractivity (Wildman–Crippen MR) is 36.9 cm³/mol. The summed E-state index contributed by atoms with van der Waals surface area (Å²) in [6, 6.07) is 0. The summed E-state index contributed by atoms with van der Waals surface area (Å²) >= 11 is 0.887. The van der Waals surface area contributed by atoms with Crippen molar-refractivity contribution in [1.29, 1.82) is 0 Å². The molecule has 0 aliphatic rings. The SMILES string of the molecule is CS/C(=C/C(=O)O)C(=O)O. The van der Waals surface area contributed by atoms with Crippen LogP contribution in [0.2, 0.25) is 0 Å². The largest absolute Gasteiger partial charge is 0.478 e. The van der Waals surface area contributed by atoms with Crippen LogP contribution < -0.4 is 0 Å². The van der Waals surface area contributed by atoms with Gasteiger partial charge in [0.05, 0.1) is 4.91 Å². The molecule has 0 saturated carbocycles. The molecule has 0 aromatic heterocycles. The highest BCUT2D eigenvalue weighted by atomic mass is 32.2. The first-order valence-corrected chi connectivity index (χ1v) is 3.52. The van der Waals surface area contributed by atoms with Gasteiger partial charge in [-0.15, -0.1) is 11.8 Å². The normalized spacial score (nSPS) is 11.1. The van der Waals surface area contributed by atoms with Crippen molar-refractivity contribution in [2.24, 2.45) is 0 Å². The summed E-state index contributed by atoms with van der Waals surface area (Å²) in [6.07, 6.45) is 2.16. The van der Waals surface area contributed by atoms with E-state index in [4.69, 9.17) is 10.2 Å². The molecule has 0 aliphatic heterocycles. The van der Waals surface area contributed by atoms with Gasteiger partial charge in [-0.1, -0.05) is 0 Å². The molecule has 4 nitrogen and oxygen atoms in total. The molecule has 5 heteroatoms. The molecule has 0 aromatic carbocycles. The van der Waals surface area contributed by atoms with E-state index in [9.17, 15) is 9.59 Å². The molecular weight excluding hydrogens is 156 g/mol. The van der Waals surface area contributed by atoms with E-state index < -0.39 is 11.9 Å². The Balaban J connectivity index is 4.34. The van der Waals surface area contributed by atoms with E-state index in [2.05, 4.69) is 0 Å². The monoisotopic (exact) mass is 162 g/mol. The van der Waals surface area contributed by atoms with E-state index >= 15 is 0 Å². The van der Waals surface area contributed by atoms with Crippen LogP contribution in [0.4, 0.5) is 0 Å². The van der Waals surface area contributed by atoms with Crippen LogP contribution in [0, 0.1) is 0 Å². The van der Waals surface area contributed by atoms with E-state index in [1.807, 2.05) is 0 Å². The maximum Gasteiger partial charge on any atom is 0.342 e. The van der Waals surface area contributed by atoms with Crippen molar-refractivity contribution in [2.75, 3.05) is 6.26 Å². The molecule has 2 N–H and O–H groups in total. The Bertz CT molecular complexity index is 184. The van der Waals surface area contributed by atoms with Crippen LogP contribution >= 0.6 is 11.8 Å². The van der Waals surface area contributed by atoms with Crippen molar-refractivity contribution in [2.45, 2.75) is 0 Å². The molecule has 0 atom stereocenters. The Morgan fingerprint density at radius 1 is 1.40 bits per heavy atom. The van der Waals surface area contributed by atoms with Gasteiger partial charge >= 0.3 is 11.9 Å². The number of carboxylic acid groups (broad SMARTS) is 2. The van der Waals surface area contributed by atoms with Gasteiger partial charge in [-0.25, -0.2) is 9.59 Å². The summed E-state index contributed by atoms with van der Waals surface area (Å²) in [5, 5.41) is 16.4. The van der Waals surface area contributed by atoms with Gasteiger partial charge in [0, 0.05) is 6.08 Å². The van der Waals surface area contributed by atoms with Crippen LogP contribution in [0.3, 0.4) is 0 Å². The van der Waals surface area contributed by atoms with Gasteiger partial charge in [0.2, 0.25) is 0 Å². The highest BCUT2D eigenvalue weighted by Gasteiger charge is 2.06. The lowest BCUT2D eigenvalue weighted by Gasteiger charge is -1.91. The average molecular weight is 162 g/mol. The van der Waals surface area contributed by atoms with Crippen LogP contribution in [0.5, 0.6) is 0 Å². The fourth-order valence-electron chi connectivity index (χ4n) is 0.320. The van der Waals surface area contributed by atoms with Crippen molar-refractivity contribution in [1.82, 2.24) is 0 Å². The minimum atomic E-state index is -1.24. The highest BCUT2D eigenvalue weighted by molar-refractivity contribution is 8.03. The molecular formula is C5H6O4S. The van der Waals surface area contributed by atoms with Gasteiger partial charge < -0.3 is 10.2 Å². The fraction of sp³-hybridized carbons (Fsp3) is 0.200. The number of rotatable bonds is 3. The predicted octanol–water partition coefficient (Wildman–Crippen LogP) is 0.402. The van der Waals surface area contributed by atoms with Crippen molar-refractivity contribution in [3.8, 4) is 0 Å². The second-order valence-corrected chi connectivity index (χ2v) is 2.20. The molecule has 0 rings (SSSR count). The summed E-state index contributed by atoms with van der Waals surface area (Å²) in [6.45, 7) is 0. The molecule has 0 amide bonds. The van der Waals surface area contributed by atoms with Gasteiger partial charge in [-0.3, -0.25) is 0 Å². The third-order valence-electron chi connectivity index (χ3n) is 0.685. The number of thioether (sulfide) groups is 1. The minimum absolute atomic E-state index is 0.174. The zero-order valence-electron chi connectivity index (χ0n) is 5.20. The maximum atomic E-state index is 10.1. The summed E-state index contributed by atoms with van der Waals surface area (Å²) in [5.74, 6) is -2.46. The van der Waals surface area contributed by atoms with Crippen LogP contribution in [-0.2, 0) is 9.59 Å². The van der Waals surface area contributed by atoms with E-state index in [0.29, 0.717) is 6.08 Å². The summed E-state index contributed by atoms with van der Waals surface area (Å²) < 4.78 is 0. The molecule has 0 spiro atoms. The summed E-state index contributed by atoms with van der Waals surface area (Å²) in [4.78, 5) is 19.9. The van der Waals surface area contributed by atoms with Crippen LogP contribution in [0.1, 0.15) is 0 Å². The zero-order chi connectivity index (χ0) is 8.15. The minimum Gasteiger partial charge on any atom is -0.478 e. The number of carbonyl (C=O) groups is 2. The molecule has 0 aliphatic carbocycles. The number of carboxylic acids is 2. The van der Waals surface area contributed by atoms with Crippen molar-refractivity contribution in [3.05, 3.63) is 11.0 Å². The Morgan fingerprint density at radius 3 is 2.00 bits per heavy atom. The maximum absolute atomic E-state index is 10.1. The Labute approximate surface area is 61.5 Å². The first-order chi connectivity index (χ1) is 4.57. The second kappa shape index (κ2) is 3.94. The standard InChI is InChI=1S/C5H6O4S/c1-10-3(5(8)9)2-4(6)7/h2H,1H3,(H,6,7)(H,8,9)/b3-2+. The molecule has 0 aromatic rings. The zero-order valence-corrected chi connectivity index (χ0v) is 6.01. The highest BCUT2D eigenvalue weighted by Crippen LogP contribution is 2.10. The van der Waals surface area contributed by atoms with Crippen LogP contribution in [0.25, 0.3) is 0 Å². The lowest BCUT2D eigenvalue weighted by Crippen LogP contribution is -1.99. The van der Waals surface area contributed by atoms with Crippen molar-refractivity contribution in [3.63, 3.8) is 0 Å². The smallest absolute Gasteiger partial charge is 0.342 e. The van der Waals surface area contributed by atoms with Gasteiger partial charge in [0.15, 0.2) is 0 Å². The fourth-order valence-corrected chi connectivity index (χ4v) is 0.713. The summed E-state index contributed by atoms with van der Waals surface area (Å²) in [7, 11) is 0. The molecule has 56 valence electrons. The van der Waals surface area contributed by atoms with Crippen LogP contribution in [0.15, 0.2) is 11.0 Å². The van der Waals surface area contributed by atoms with E-state index in [0.717, 1.165) is 11.8 Å². The quantitative estimate of drug-likeness (QED) is 0.587. The molecule has 0 unspecified atom stereocenters. The third-order valence-corrected chi connectivity index (χ3v) is 1.42. The van der Waals surface area contributed by atoms with Crippen LogP contribution in [-0.4, -0.2) is 28.4 Å². The Kier molecular flexibility index (Phi) is 3.56. The van der Waals surface area contributed by atoms with Crippen molar-refractivity contribution >= 4 is 23.7 Å². The lowest BCUT2D eigenvalue weighted by molar-refractivity contribution is -0.134. The first-order valence-electron chi connectivity index (χ1n) is 2.30. The third kappa shape index (κ3) is 3.13. The average Bonchev–Trinajstić information content (AvgIpc) is 1.81. The molecule has 0 radical (unpaired) electrons.